The first kappa shape index (κ1) is 13.2. The number of aliphatic hydroxyl groups excluding tert-OH is 1. The standard InChI is InChI=1S/C14H21NO3/c1-14(2)9-12(15)11-5-4-10(8-13(11)18-14)17-7-3-6-16/h4-5,8,12,16H,3,6-7,9,15H2,1-2H3. The fourth-order valence-corrected chi connectivity index (χ4v) is 2.23. The zero-order valence-corrected chi connectivity index (χ0v) is 11.0. The van der Waals surface area contributed by atoms with Crippen molar-refractivity contribution in [2.24, 2.45) is 5.73 Å². The molecule has 1 heterocycles. The van der Waals surface area contributed by atoms with Crippen LogP contribution in [0.15, 0.2) is 18.2 Å². The highest BCUT2D eigenvalue weighted by molar-refractivity contribution is 5.44. The molecule has 2 rings (SSSR count). The smallest absolute Gasteiger partial charge is 0.128 e. The number of benzene rings is 1. The quantitative estimate of drug-likeness (QED) is 0.803. The Bertz CT molecular complexity index is 418. The lowest BCUT2D eigenvalue weighted by molar-refractivity contribution is 0.0724. The van der Waals surface area contributed by atoms with Gasteiger partial charge in [-0.15, -0.1) is 0 Å². The fourth-order valence-electron chi connectivity index (χ4n) is 2.23. The average Bonchev–Trinajstić information content (AvgIpc) is 2.27. The normalized spacial score (nSPS) is 21.0. The van der Waals surface area contributed by atoms with Crippen LogP contribution in [0.4, 0.5) is 0 Å². The van der Waals surface area contributed by atoms with Gasteiger partial charge in [0, 0.05) is 37.1 Å². The van der Waals surface area contributed by atoms with Crippen molar-refractivity contribution in [2.75, 3.05) is 13.2 Å². The number of hydrogen-bond acceptors (Lipinski definition) is 4. The minimum Gasteiger partial charge on any atom is -0.493 e. The third kappa shape index (κ3) is 2.94. The third-order valence-corrected chi connectivity index (χ3v) is 3.05. The van der Waals surface area contributed by atoms with Gasteiger partial charge in [0.2, 0.25) is 0 Å². The van der Waals surface area contributed by atoms with Crippen LogP contribution in [0.3, 0.4) is 0 Å². The van der Waals surface area contributed by atoms with Gasteiger partial charge in [-0.2, -0.15) is 0 Å². The molecule has 1 unspecified atom stereocenters. The van der Waals surface area contributed by atoms with E-state index in [-0.39, 0.29) is 18.2 Å². The summed E-state index contributed by atoms with van der Waals surface area (Å²) in [5, 5.41) is 8.72. The molecule has 18 heavy (non-hydrogen) atoms. The molecule has 0 spiro atoms. The molecular formula is C14H21NO3. The second-order valence-corrected chi connectivity index (χ2v) is 5.30. The number of nitrogens with two attached hydrogens (primary N) is 1. The van der Waals surface area contributed by atoms with Crippen molar-refractivity contribution in [2.45, 2.75) is 38.3 Å². The minimum atomic E-state index is -0.240. The van der Waals surface area contributed by atoms with Crippen molar-refractivity contribution >= 4 is 0 Å². The summed E-state index contributed by atoms with van der Waals surface area (Å²) in [6.45, 7) is 4.72. The highest BCUT2D eigenvalue weighted by Gasteiger charge is 2.31. The molecule has 0 aliphatic carbocycles. The summed E-state index contributed by atoms with van der Waals surface area (Å²) in [4.78, 5) is 0. The van der Waals surface area contributed by atoms with Crippen molar-refractivity contribution < 1.29 is 14.6 Å². The van der Waals surface area contributed by atoms with Gasteiger partial charge in [-0.1, -0.05) is 6.07 Å². The second-order valence-electron chi connectivity index (χ2n) is 5.30. The molecule has 0 bridgehead atoms. The summed E-state index contributed by atoms with van der Waals surface area (Å²) in [6.07, 6.45) is 1.44. The second kappa shape index (κ2) is 5.16. The Balaban J connectivity index is 2.15. The van der Waals surface area contributed by atoms with E-state index in [9.17, 15) is 0 Å². The number of hydrogen-bond donors (Lipinski definition) is 2. The molecule has 0 fully saturated rings. The average molecular weight is 251 g/mol. The van der Waals surface area contributed by atoms with Crippen LogP contribution in [-0.4, -0.2) is 23.9 Å². The molecular weight excluding hydrogens is 230 g/mol. The molecule has 0 radical (unpaired) electrons. The van der Waals surface area contributed by atoms with Crippen LogP contribution in [0.2, 0.25) is 0 Å². The lowest BCUT2D eigenvalue weighted by Crippen LogP contribution is -2.37. The first-order chi connectivity index (χ1) is 8.52. The molecule has 0 amide bonds. The first-order valence-electron chi connectivity index (χ1n) is 6.34. The molecule has 100 valence electrons. The Morgan fingerprint density at radius 1 is 1.50 bits per heavy atom. The van der Waals surface area contributed by atoms with Crippen LogP contribution >= 0.6 is 0 Å². The topological polar surface area (TPSA) is 64.7 Å². The van der Waals surface area contributed by atoms with E-state index in [1.165, 1.54) is 0 Å². The Morgan fingerprint density at radius 2 is 2.28 bits per heavy atom. The highest BCUT2D eigenvalue weighted by atomic mass is 16.5. The Hall–Kier alpha value is -1.26. The van der Waals surface area contributed by atoms with E-state index in [1.807, 2.05) is 32.0 Å². The molecule has 0 aromatic heterocycles. The Morgan fingerprint density at radius 3 is 3.00 bits per heavy atom. The van der Waals surface area contributed by atoms with Gasteiger partial charge in [-0.3, -0.25) is 0 Å². The largest absolute Gasteiger partial charge is 0.493 e. The highest BCUT2D eigenvalue weighted by Crippen LogP contribution is 2.39. The zero-order chi connectivity index (χ0) is 13.2. The van der Waals surface area contributed by atoms with Crippen LogP contribution in [0, 0.1) is 0 Å². The summed E-state index contributed by atoms with van der Waals surface area (Å²) in [6, 6.07) is 5.75. The van der Waals surface area contributed by atoms with Crippen molar-refractivity contribution in [1.29, 1.82) is 0 Å². The van der Waals surface area contributed by atoms with Crippen LogP contribution in [-0.2, 0) is 0 Å². The van der Waals surface area contributed by atoms with Crippen molar-refractivity contribution in [1.82, 2.24) is 0 Å². The first-order valence-corrected chi connectivity index (χ1v) is 6.34. The van der Waals surface area contributed by atoms with Crippen LogP contribution in [0.5, 0.6) is 11.5 Å². The van der Waals surface area contributed by atoms with Crippen molar-refractivity contribution in [3.8, 4) is 11.5 Å². The van der Waals surface area contributed by atoms with E-state index in [0.717, 1.165) is 23.5 Å². The Kier molecular flexibility index (Phi) is 3.78. The molecule has 0 saturated carbocycles. The number of fused-ring (bicyclic) bond motifs is 1. The van der Waals surface area contributed by atoms with Crippen LogP contribution in [0.1, 0.15) is 38.3 Å². The zero-order valence-electron chi connectivity index (χ0n) is 11.0. The van der Waals surface area contributed by atoms with Crippen molar-refractivity contribution in [3.05, 3.63) is 23.8 Å². The predicted molar refractivity (Wildman–Crippen MR) is 69.9 cm³/mol. The third-order valence-electron chi connectivity index (χ3n) is 3.05. The maximum absolute atomic E-state index is 8.72. The fraction of sp³-hybridized carbons (Fsp3) is 0.571. The van der Waals surface area contributed by atoms with Gasteiger partial charge in [0.05, 0.1) is 6.61 Å². The number of aliphatic hydroxyl groups is 1. The monoisotopic (exact) mass is 251 g/mol. The molecule has 4 heteroatoms. The lowest BCUT2D eigenvalue weighted by atomic mass is 9.90. The Labute approximate surface area is 108 Å². The number of rotatable bonds is 4. The SMILES string of the molecule is CC1(C)CC(N)c2ccc(OCCCO)cc2O1. The minimum absolute atomic E-state index is 0.00948. The summed E-state index contributed by atoms with van der Waals surface area (Å²) < 4.78 is 11.5. The molecule has 1 aromatic carbocycles. The van der Waals surface area contributed by atoms with Crippen molar-refractivity contribution in [3.63, 3.8) is 0 Å². The van der Waals surface area contributed by atoms with Gasteiger partial charge < -0.3 is 20.3 Å². The molecule has 1 aliphatic rings. The van der Waals surface area contributed by atoms with Gasteiger partial charge in [0.15, 0.2) is 0 Å². The van der Waals surface area contributed by atoms with E-state index >= 15 is 0 Å². The molecule has 1 atom stereocenters. The van der Waals surface area contributed by atoms with E-state index in [0.29, 0.717) is 13.0 Å². The molecule has 4 nitrogen and oxygen atoms in total. The summed E-state index contributed by atoms with van der Waals surface area (Å²) in [5.74, 6) is 1.56. The van der Waals surface area contributed by atoms with E-state index in [4.69, 9.17) is 20.3 Å². The molecule has 0 saturated heterocycles. The van der Waals surface area contributed by atoms with Gasteiger partial charge in [0.1, 0.15) is 17.1 Å². The molecule has 1 aromatic rings. The maximum Gasteiger partial charge on any atom is 0.128 e. The van der Waals surface area contributed by atoms with Gasteiger partial charge in [-0.25, -0.2) is 0 Å². The van der Waals surface area contributed by atoms with Gasteiger partial charge >= 0.3 is 0 Å². The maximum atomic E-state index is 8.72. The summed E-state index contributed by atoms with van der Waals surface area (Å²) in [5.41, 5.74) is 6.93. The van der Waals surface area contributed by atoms with Gasteiger partial charge in [0.25, 0.3) is 0 Å². The summed E-state index contributed by atoms with van der Waals surface area (Å²) in [7, 11) is 0. The molecule has 3 N–H and O–H groups in total. The van der Waals surface area contributed by atoms with E-state index < -0.39 is 0 Å². The van der Waals surface area contributed by atoms with Crippen LogP contribution < -0.4 is 15.2 Å². The summed E-state index contributed by atoms with van der Waals surface area (Å²) >= 11 is 0. The lowest BCUT2D eigenvalue weighted by Gasteiger charge is -2.36. The van der Waals surface area contributed by atoms with E-state index in [1.54, 1.807) is 0 Å². The van der Waals surface area contributed by atoms with Crippen LogP contribution in [0.25, 0.3) is 0 Å². The van der Waals surface area contributed by atoms with E-state index in [2.05, 4.69) is 0 Å². The predicted octanol–water partition coefficient (Wildman–Crippen LogP) is 2.01. The number of ether oxygens (including phenoxy) is 2. The molecule has 1 aliphatic heterocycles. The van der Waals surface area contributed by atoms with Gasteiger partial charge in [-0.05, 0) is 19.9 Å².